The molecule has 1 saturated heterocycles. The molecule has 1 amide bonds. The number of amides is 1. The van der Waals surface area contributed by atoms with Gasteiger partial charge in [-0.2, -0.15) is 0 Å². The third kappa shape index (κ3) is 5.72. The van der Waals surface area contributed by atoms with Crippen molar-refractivity contribution < 1.29 is 9.53 Å². The fraction of sp³-hybridized carbons (Fsp3) is 0.385. The van der Waals surface area contributed by atoms with Crippen LogP contribution in [0, 0.1) is 0 Å². The Kier molecular flexibility index (Phi) is 7.85. The summed E-state index contributed by atoms with van der Waals surface area (Å²) in [4.78, 5) is 29.6. The number of anilines is 1. The third-order valence-electron chi connectivity index (χ3n) is 6.35. The molecular weight excluding hydrogens is 474 g/mol. The van der Waals surface area contributed by atoms with Crippen LogP contribution in [0.3, 0.4) is 0 Å². The molecule has 9 nitrogen and oxygen atoms in total. The van der Waals surface area contributed by atoms with Crippen LogP contribution in [0.5, 0.6) is 0 Å². The molecule has 36 heavy (non-hydrogen) atoms. The lowest BCUT2D eigenvalue weighted by atomic mass is 10.1. The average Bonchev–Trinajstić information content (AvgIpc) is 3.52. The number of hydrogen-bond acceptors (Lipinski definition) is 8. The van der Waals surface area contributed by atoms with Crippen molar-refractivity contribution in [3.05, 3.63) is 49.1 Å². The summed E-state index contributed by atoms with van der Waals surface area (Å²) in [6.07, 6.45) is 6.37. The van der Waals surface area contributed by atoms with Crippen LogP contribution in [0.1, 0.15) is 19.3 Å². The van der Waals surface area contributed by atoms with Gasteiger partial charge in [-0.1, -0.05) is 30.3 Å². The van der Waals surface area contributed by atoms with Crippen molar-refractivity contribution in [2.24, 2.45) is 0 Å². The van der Waals surface area contributed by atoms with Crippen molar-refractivity contribution in [1.82, 2.24) is 29.7 Å². The standard InChI is InChI=1S/C26H31N7O2S/c27-25-20-15-21(36-26(20)30-17-29-25)24-23(19-7-3-1-4-8-19)31-18-33(24)10-6-2-5-9-28-22(34)16-32-11-13-35-14-12-32/h1,3-4,7-8,15,17-18H,2,5-6,9-14,16H2,(H,28,34)(H2,27,29,30). The second-order valence-corrected chi connectivity index (χ2v) is 9.92. The molecule has 0 bridgehead atoms. The van der Waals surface area contributed by atoms with Gasteiger partial charge in [-0.15, -0.1) is 11.3 Å². The van der Waals surface area contributed by atoms with Gasteiger partial charge in [0, 0.05) is 31.7 Å². The first-order chi connectivity index (χ1) is 17.7. The van der Waals surface area contributed by atoms with E-state index in [1.807, 2.05) is 24.5 Å². The van der Waals surface area contributed by atoms with Crippen LogP contribution in [0.2, 0.25) is 0 Å². The van der Waals surface area contributed by atoms with Gasteiger partial charge >= 0.3 is 0 Å². The lowest BCUT2D eigenvalue weighted by molar-refractivity contribution is -0.123. The zero-order valence-electron chi connectivity index (χ0n) is 20.2. The Bertz CT molecular complexity index is 1300. The number of nitrogen functional groups attached to an aromatic ring is 1. The summed E-state index contributed by atoms with van der Waals surface area (Å²) < 4.78 is 7.55. The highest BCUT2D eigenvalue weighted by molar-refractivity contribution is 7.21. The fourth-order valence-corrected chi connectivity index (χ4v) is 5.51. The Morgan fingerprint density at radius 1 is 1.08 bits per heavy atom. The number of aromatic nitrogens is 4. The first-order valence-corrected chi connectivity index (χ1v) is 13.2. The van der Waals surface area contributed by atoms with Crippen molar-refractivity contribution in [1.29, 1.82) is 0 Å². The smallest absolute Gasteiger partial charge is 0.234 e. The second kappa shape index (κ2) is 11.6. The number of benzene rings is 1. The maximum atomic E-state index is 12.2. The Balaban J connectivity index is 1.22. The minimum atomic E-state index is 0.0911. The number of aryl methyl sites for hydroxylation is 1. The van der Waals surface area contributed by atoms with Gasteiger partial charge in [0.15, 0.2) is 0 Å². The molecule has 5 rings (SSSR count). The fourth-order valence-electron chi connectivity index (χ4n) is 4.44. The highest BCUT2D eigenvalue weighted by Crippen LogP contribution is 2.39. The van der Waals surface area contributed by atoms with E-state index in [1.54, 1.807) is 11.3 Å². The van der Waals surface area contributed by atoms with E-state index in [0.717, 1.165) is 70.9 Å². The van der Waals surface area contributed by atoms with Crippen LogP contribution in [-0.4, -0.2) is 69.7 Å². The number of imidazole rings is 1. The number of rotatable bonds is 10. The molecule has 3 aromatic heterocycles. The summed E-state index contributed by atoms with van der Waals surface area (Å²) in [5, 5.41) is 3.92. The molecule has 1 aliphatic rings. The molecule has 0 unspecified atom stereocenters. The van der Waals surface area contributed by atoms with E-state index >= 15 is 0 Å². The van der Waals surface area contributed by atoms with Crippen LogP contribution in [-0.2, 0) is 16.1 Å². The van der Waals surface area contributed by atoms with Gasteiger partial charge in [0.25, 0.3) is 0 Å². The van der Waals surface area contributed by atoms with E-state index in [4.69, 9.17) is 15.5 Å². The quantitative estimate of drug-likeness (QED) is 0.318. The molecular formula is C26H31N7O2S. The van der Waals surface area contributed by atoms with Crippen molar-refractivity contribution in [3.63, 3.8) is 0 Å². The average molecular weight is 506 g/mol. The number of hydrogen-bond donors (Lipinski definition) is 2. The van der Waals surface area contributed by atoms with Gasteiger partial charge in [-0.25, -0.2) is 15.0 Å². The Labute approximate surface area is 214 Å². The van der Waals surface area contributed by atoms with Crippen molar-refractivity contribution in [2.45, 2.75) is 25.8 Å². The summed E-state index contributed by atoms with van der Waals surface area (Å²) in [5.74, 6) is 0.582. The number of carbonyl (C=O) groups excluding carboxylic acids is 1. The maximum absolute atomic E-state index is 12.2. The Hall–Kier alpha value is -3.34. The van der Waals surface area contributed by atoms with E-state index in [9.17, 15) is 4.79 Å². The maximum Gasteiger partial charge on any atom is 0.234 e. The molecule has 0 radical (unpaired) electrons. The van der Waals surface area contributed by atoms with E-state index in [1.165, 1.54) is 6.33 Å². The first-order valence-electron chi connectivity index (χ1n) is 12.4. The predicted octanol–water partition coefficient (Wildman–Crippen LogP) is 3.42. The van der Waals surface area contributed by atoms with Gasteiger partial charge in [-0.3, -0.25) is 9.69 Å². The Morgan fingerprint density at radius 2 is 1.92 bits per heavy atom. The molecule has 1 aromatic carbocycles. The minimum Gasteiger partial charge on any atom is -0.383 e. The molecule has 3 N–H and O–H groups in total. The molecule has 0 spiro atoms. The third-order valence-corrected chi connectivity index (χ3v) is 7.40. The van der Waals surface area contributed by atoms with E-state index in [0.29, 0.717) is 32.1 Å². The molecule has 4 aromatic rings. The summed E-state index contributed by atoms with van der Waals surface area (Å²) in [6.45, 7) is 5.05. The largest absolute Gasteiger partial charge is 0.383 e. The van der Waals surface area contributed by atoms with Gasteiger partial charge in [0.1, 0.15) is 17.0 Å². The molecule has 188 valence electrons. The van der Waals surface area contributed by atoms with E-state index < -0.39 is 0 Å². The molecule has 1 aliphatic heterocycles. The van der Waals surface area contributed by atoms with E-state index in [-0.39, 0.29) is 5.91 Å². The lowest BCUT2D eigenvalue weighted by Crippen LogP contribution is -2.43. The zero-order valence-corrected chi connectivity index (χ0v) is 21.0. The number of fused-ring (bicyclic) bond motifs is 1. The van der Waals surface area contributed by atoms with Crippen LogP contribution in [0.25, 0.3) is 32.0 Å². The number of thiophene rings is 1. The number of nitrogens with two attached hydrogens (primary N) is 1. The van der Waals surface area contributed by atoms with Crippen molar-refractivity contribution >= 4 is 33.3 Å². The van der Waals surface area contributed by atoms with Gasteiger partial charge in [-0.05, 0) is 25.3 Å². The number of nitrogens with zero attached hydrogens (tertiary/aromatic N) is 5. The monoisotopic (exact) mass is 505 g/mol. The molecule has 1 fully saturated rings. The minimum absolute atomic E-state index is 0.0911. The predicted molar refractivity (Wildman–Crippen MR) is 143 cm³/mol. The van der Waals surface area contributed by atoms with E-state index in [2.05, 4.69) is 43.0 Å². The summed E-state index contributed by atoms with van der Waals surface area (Å²) in [5.41, 5.74) is 9.20. The highest BCUT2D eigenvalue weighted by Gasteiger charge is 2.19. The van der Waals surface area contributed by atoms with Crippen LogP contribution in [0.15, 0.2) is 49.1 Å². The molecule has 0 atom stereocenters. The molecule has 0 aliphatic carbocycles. The van der Waals surface area contributed by atoms with Crippen molar-refractivity contribution in [2.75, 3.05) is 45.1 Å². The van der Waals surface area contributed by atoms with Crippen molar-refractivity contribution in [3.8, 4) is 21.8 Å². The number of unbranched alkanes of at least 4 members (excludes halogenated alkanes) is 2. The lowest BCUT2D eigenvalue weighted by Gasteiger charge is -2.25. The topological polar surface area (TPSA) is 111 Å². The highest BCUT2D eigenvalue weighted by atomic mass is 32.1. The normalized spacial score (nSPS) is 14.3. The summed E-state index contributed by atoms with van der Waals surface area (Å²) >= 11 is 1.61. The van der Waals surface area contributed by atoms with Crippen LogP contribution >= 0.6 is 11.3 Å². The second-order valence-electron chi connectivity index (χ2n) is 8.89. The Morgan fingerprint density at radius 3 is 2.72 bits per heavy atom. The molecule has 0 saturated carbocycles. The summed E-state index contributed by atoms with van der Waals surface area (Å²) in [6, 6.07) is 12.3. The van der Waals surface area contributed by atoms with Gasteiger partial charge < -0.3 is 20.4 Å². The molecule has 10 heteroatoms. The zero-order chi connectivity index (χ0) is 24.7. The summed E-state index contributed by atoms with van der Waals surface area (Å²) in [7, 11) is 0. The number of nitrogens with one attached hydrogen (secondary N) is 1. The van der Waals surface area contributed by atoms with Crippen LogP contribution < -0.4 is 11.1 Å². The number of ether oxygens (including phenoxy) is 1. The van der Waals surface area contributed by atoms with Gasteiger partial charge in [0.2, 0.25) is 5.91 Å². The number of morpholine rings is 1. The van der Waals surface area contributed by atoms with Gasteiger partial charge in [0.05, 0.1) is 47.7 Å². The SMILES string of the molecule is Nc1ncnc2sc(-c3c(-c4ccccc4)ncn3CCCCCNC(=O)CN3CCOCC3)cc12. The first kappa shape index (κ1) is 24.4. The van der Waals surface area contributed by atoms with Crippen LogP contribution in [0.4, 0.5) is 5.82 Å². The number of carbonyl (C=O) groups is 1. The molecule has 4 heterocycles.